The SMILES string of the molecule is C/C=C/C(=O)c1ccc[nH]1. The van der Waals surface area contributed by atoms with Gasteiger partial charge in [0.2, 0.25) is 5.78 Å². The van der Waals surface area contributed by atoms with Crippen LogP contribution < -0.4 is 0 Å². The molecule has 1 aromatic heterocycles. The maximum atomic E-state index is 11.0. The highest BCUT2D eigenvalue weighted by Gasteiger charge is 1.98. The second-order valence-corrected chi connectivity index (χ2v) is 1.95. The Hall–Kier alpha value is -1.31. The molecule has 0 saturated heterocycles. The third-order valence-electron chi connectivity index (χ3n) is 1.18. The van der Waals surface area contributed by atoms with Gasteiger partial charge in [-0.3, -0.25) is 4.79 Å². The summed E-state index contributed by atoms with van der Waals surface area (Å²) in [5.74, 6) is 0.0208. The molecule has 0 spiro atoms. The first-order valence-electron chi connectivity index (χ1n) is 3.15. The van der Waals surface area contributed by atoms with Gasteiger partial charge in [-0.2, -0.15) is 0 Å². The van der Waals surface area contributed by atoms with Crippen LogP contribution in [0.5, 0.6) is 0 Å². The van der Waals surface area contributed by atoms with Crippen LogP contribution in [-0.2, 0) is 0 Å². The molecule has 0 atom stereocenters. The Bertz CT molecular complexity index is 234. The third-order valence-corrected chi connectivity index (χ3v) is 1.18. The number of carbonyl (C=O) groups is 1. The third kappa shape index (κ3) is 1.35. The summed E-state index contributed by atoms with van der Waals surface area (Å²) < 4.78 is 0. The molecule has 2 heteroatoms. The lowest BCUT2D eigenvalue weighted by molar-refractivity contribution is 0.104. The van der Waals surface area contributed by atoms with E-state index in [0.29, 0.717) is 5.69 Å². The maximum absolute atomic E-state index is 11.0. The Morgan fingerprint density at radius 3 is 3.00 bits per heavy atom. The largest absolute Gasteiger partial charge is 0.359 e. The van der Waals surface area contributed by atoms with Crippen LogP contribution in [0, 0.1) is 0 Å². The summed E-state index contributed by atoms with van der Waals surface area (Å²) in [6.45, 7) is 1.82. The van der Waals surface area contributed by atoms with Crippen LogP contribution >= 0.6 is 0 Å². The van der Waals surface area contributed by atoms with E-state index in [1.807, 2.05) is 6.92 Å². The molecule has 0 amide bonds. The number of aromatic amines is 1. The average molecular weight is 135 g/mol. The second kappa shape index (κ2) is 3.01. The van der Waals surface area contributed by atoms with Gasteiger partial charge < -0.3 is 4.98 Å². The summed E-state index contributed by atoms with van der Waals surface area (Å²) >= 11 is 0. The van der Waals surface area contributed by atoms with Gasteiger partial charge in [0.15, 0.2) is 0 Å². The number of nitrogens with one attached hydrogen (secondary N) is 1. The van der Waals surface area contributed by atoms with Crippen LogP contribution in [0.2, 0.25) is 0 Å². The van der Waals surface area contributed by atoms with Crippen LogP contribution in [0.3, 0.4) is 0 Å². The molecule has 0 bridgehead atoms. The predicted octanol–water partition coefficient (Wildman–Crippen LogP) is 1.77. The summed E-state index contributed by atoms with van der Waals surface area (Å²) in [6, 6.07) is 3.55. The molecule has 0 saturated carbocycles. The lowest BCUT2D eigenvalue weighted by Gasteiger charge is -1.85. The molecule has 10 heavy (non-hydrogen) atoms. The summed E-state index contributed by atoms with van der Waals surface area (Å²) in [5.41, 5.74) is 0.637. The number of rotatable bonds is 2. The van der Waals surface area contributed by atoms with Gasteiger partial charge in [0.05, 0.1) is 5.69 Å². The molecular weight excluding hydrogens is 126 g/mol. The Balaban J connectivity index is 2.78. The fourth-order valence-corrected chi connectivity index (χ4v) is 0.725. The molecule has 52 valence electrons. The Morgan fingerprint density at radius 1 is 1.70 bits per heavy atom. The molecule has 1 rings (SSSR count). The highest BCUT2D eigenvalue weighted by Crippen LogP contribution is 1.96. The van der Waals surface area contributed by atoms with Crippen LogP contribution in [0.15, 0.2) is 30.5 Å². The minimum absolute atomic E-state index is 0.0208. The standard InChI is InChI=1S/C8H9NO/c1-2-4-8(10)7-5-3-6-9-7/h2-6,9H,1H3/b4-2+. The van der Waals surface area contributed by atoms with Crippen molar-refractivity contribution in [1.82, 2.24) is 4.98 Å². The first kappa shape index (κ1) is 6.81. The van der Waals surface area contributed by atoms with E-state index in [1.165, 1.54) is 6.08 Å². The van der Waals surface area contributed by atoms with Crippen molar-refractivity contribution in [3.8, 4) is 0 Å². The Morgan fingerprint density at radius 2 is 2.50 bits per heavy atom. The molecule has 2 nitrogen and oxygen atoms in total. The quantitative estimate of drug-likeness (QED) is 0.486. The zero-order valence-corrected chi connectivity index (χ0v) is 5.79. The van der Waals surface area contributed by atoms with E-state index in [4.69, 9.17) is 0 Å². The first-order chi connectivity index (χ1) is 4.84. The summed E-state index contributed by atoms with van der Waals surface area (Å²) in [7, 11) is 0. The monoisotopic (exact) mass is 135 g/mol. The Labute approximate surface area is 59.6 Å². The number of allylic oxidation sites excluding steroid dienone is 2. The zero-order chi connectivity index (χ0) is 7.40. The van der Waals surface area contributed by atoms with Crippen LogP contribution in [0.1, 0.15) is 17.4 Å². The van der Waals surface area contributed by atoms with E-state index in [2.05, 4.69) is 4.98 Å². The number of carbonyl (C=O) groups excluding carboxylic acids is 1. The van der Waals surface area contributed by atoms with Gasteiger partial charge in [-0.15, -0.1) is 0 Å². The van der Waals surface area contributed by atoms with E-state index >= 15 is 0 Å². The minimum atomic E-state index is 0.0208. The molecule has 1 heterocycles. The minimum Gasteiger partial charge on any atom is -0.359 e. The van der Waals surface area contributed by atoms with E-state index in [1.54, 1.807) is 24.4 Å². The number of hydrogen-bond donors (Lipinski definition) is 1. The highest BCUT2D eigenvalue weighted by atomic mass is 16.1. The van der Waals surface area contributed by atoms with Gasteiger partial charge in [0, 0.05) is 6.20 Å². The van der Waals surface area contributed by atoms with Crippen molar-refractivity contribution in [1.29, 1.82) is 0 Å². The van der Waals surface area contributed by atoms with E-state index in [0.717, 1.165) is 0 Å². The molecule has 1 aromatic rings. The van der Waals surface area contributed by atoms with Crippen LogP contribution in [0.25, 0.3) is 0 Å². The van der Waals surface area contributed by atoms with Crippen LogP contribution in [0.4, 0.5) is 0 Å². The average Bonchev–Trinajstić information content (AvgIpc) is 2.38. The number of ketones is 1. The summed E-state index contributed by atoms with van der Waals surface area (Å²) in [5, 5.41) is 0. The van der Waals surface area contributed by atoms with Gasteiger partial charge >= 0.3 is 0 Å². The lowest BCUT2D eigenvalue weighted by Crippen LogP contribution is -1.92. The zero-order valence-electron chi connectivity index (χ0n) is 5.79. The van der Waals surface area contributed by atoms with Crippen molar-refractivity contribution in [2.45, 2.75) is 6.92 Å². The normalized spacial score (nSPS) is 10.5. The lowest BCUT2D eigenvalue weighted by atomic mass is 10.3. The van der Waals surface area contributed by atoms with Gasteiger partial charge in [-0.1, -0.05) is 6.08 Å². The predicted molar refractivity (Wildman–Crippen MR) is 39.9 cm³/mol. The molecule has 0 aliphatic carbocycles. The van der Waals surface area contributed by atoms with E-state index in [9.17, 15) is 4.79 Å². The van der Waals surface area contributed by atoms with Crippen molar-refractivity contribution < 1.29 is 4.79 Å². The van der Waals surface area contributed by atoms with E-state index < -0.39 is 0 Å². The van der Waals surface area contributed by atoms with Gasteiger partial charge in [0.1, 0.15) is 0 Å². The van der Waals surface area contributed by atoms with Crippen molar-refractivity contribution in [2.24, 2.45) is 0 Å². The molecule has 0 radical (unpaired) electrons. The number of hydrogen-bond acceptors (Lipinski definition) is 1. The van der Waals surface area contributed by atoms with Gasteiger partial charge in [-0.05, 0) is 25.1 Å². The molecule has 0 aromatic carbocycles. The fraction of sp³-hybridized carbons (Fsp3) is 0.125. The van der Waals surface area contributed by atoms with Crippen molar-refractivity contribution in [2.75, 3.05) is 0 Å². The summed E-state index contributed by atoms with van der Waals surface area (Å²) in [6.07, 6.45) is 4.99. The Kier molecular flexibility index (Phi) is 2.05. The van der Waals surface area contributed by atoms with Crippen molar-refractivity contribution >= 4 is 5.78 Å². The molecule has 0 aliphatic heterocycles. The first-order valence-corrected chi connectivity index (χ1v) is 3.15. The molecule has 0 unspecified atom stereocenters. The molecule has 1 N–H and O–H groups in total. The smallest absolute Gasteiger partial charge is 0.201 e. The van der Waals surface area contributed by atoms with Crippen LogP contribution in [-0.4, -0.2) is 10.8 Å². The van der Waals surface area contributed by atoms with Gasteiger partial charge in [-0.25, -0.2) is 0 Å². The fourth-order valence-electron chi connectivity index (χ4n) is 0.725. The summed E-state index contributed by atoms with van der Waals surface area (Å²) in [4.78, 5) is 13.8. The van der Waals surface area contributed by atoms with Crippen molar-refractivity contribution in [3.63, 3.8) is 0 Å². The topological polar surface area (TPSA) is 32.9 Å². The number of aromatic nitrogens is 1. The molecular formula is C8H9NO. The molecule has 0 fully saturated rings. The number of H-pyrrole nitrogens is 1. The van der Waals surface area contributed by atoms with Crippen molar-refractivity contribution in [3.05, 3.63) is 36.2 Å². The van der Waals surface area contributed by atoms with E-state index in [-0.39, 0.29) is 5.78 Å². The maximum Gasteiger partial charge on any atom is 0.201 e. The highest BCUT2D eigenvalue weighted by molar-refractivity contribution is 6.02. The second-order valence-electron chi connectivity index (χ2n) is 1.95. The molecule has 0 aliphatic rings. The van der Waals surface area contributed by atoms with Gasteiger partial charge in [0.25, 0.3) is 0 Å².